The zero-order valence-electron chi connectivity index (χ0n) is 11.9. The molecule has 0 saturated heterocycles. The second-order valence-electron chi connectivity index (χ2n) is 4.73. The molecule has 1 heterocycles. The molecule has 5 nitrogen and oxygen atoms in total. The molecule has 115 valence electrons. The highest BCUT2D eigenvalue weighted by atomic mass is 79.9. The average Bonchev–Trinajstić information content (AvgIpc) is 2.46. The number of hydrogen-bond acceptors (Lipinski definition) is 4. The molecule has 0 spiro atoms. The summed E-state index contributed by atoms with van der Waals surface area (Å²) in [6.07, 6.45) is 0. The maximum atomic E-state index is 11.0. The van der Waals surface area contributed by atoms with Crippen LogP contribution in [0, 0.1) is 7.43 Å². The smallest absolute Gasteiger partial charge is 0.335 e. The van der Waals surface area contributed by atoms with E-state index < -0.39 is 5.97 Å². The summed E-state index contributed by atoms with van der Waals surface area (Å²) in [4.78, 5) is 12.9. The van der Waals surface area contributed by atoms with E-state index in [2.05, 4.69) is 15.9 Å². The first-order chi connectivity index (χ1) is 10.0. The molecule has 2 N–H and O–H groups in total. The van der Waals surface area contributed by atoms with E-state index in [-0.39, 0.29) is 18.7 Å². The Morgan fingerprint density at radius 2 is 2.00 bits per heavy atom. The van der Waals surface area contributed by atoms with Crippen LogP contribution in [0.5, 0.6) is 11.5 Å². The summed E-state index contributed by atoms with van der Waals surface area (Å²) >= 11 is 3.40. The monoisotopic (exact) mass is 364 g/mol. The van der Waals surface area contributed by atoms with Gasteiger partial charge in [0.15, 0.2) is 6.73 Å². The number of fused-ring (bicyclic) bond motifs is 1. The van der Waals surface area contributed by atoms with Crippen LogP contribution >= 0.6 is 15.9 Å². The van der Waals surface area contributed by atoms with Crippen LogP contribution in [0.15, 0.2) is 40.9 Å². The second kappa shape index (κ2) is 6.27. The Bertz CT molecular complexity index is 717. The Morgan fingerprint density at radius 3 is 2.68 bits per heavy atom. The second-order valence-corrected chi connectivity index (χ2v) is 5.59. The van der Waals surface area contributed by atoms with E-state index in [1.54, 1.807) is 36.4 Å². The molecule has 1 aliphatic rings. The van der Waals surface area contributed by atoms with Gasteiger partial charge < -0.3 is 19.8 Å². The van der Waals surface area contributed by atoms with E-state index in [4.69, 9.17) is 9.84 Å². The van der Waals surface area contributed by atoms with Crippen molar-refractivity contribution in [2.45, 2.75) is 6.54 Å². The molecular weight excluding hydrogens is 350 g/mol. The zero-order chi connectivity index (χ0) is 15.0. The van der Waals surface area contributed by atoms with Crippen LogP contribution in [0.4, 0.5) is 5.69 Å². The topological polar surface area (TPSA) is 70.0 Å². The van der Waals surface area contributed by atoms with Crippen LogP contribution in [0.3, 0.4) is 0 Å². The van der Waals surface area contributed by atoms with Crippen LogP contribution in [0.25, 0.3) is 0 Å². The maximum absolute atomic E-state index is 11.0. The van der Waals surface area contributed by atoms with Gasteiger partial charge in [-0.25, -0.2) is 4.79 Å². The molecule has 0 fully saturated rings. The number of nitrogens with zero attached hydrogens (tertiary/aromatic N) is 1. The number of carbonyl (C=O) groups is 1. The Kier molecular flexibility index (Phi) is 4.61. The van der Waals surface area contributed by atoms with Crippen LogP contribution in [-0.2, 0) is 6.54 Å². The molecule has 1 aliphatic heterocycles. The lowest BCUT2D eigenvalue weighted by atomic mass is 10.1. The van der Waals surface area contributed by atoms with Gasteiger partial charge in [-0.15, -0.1) is 0 Å². The van der Waals surface area contributed by atoms with Gasteiger partial charge in [0.1, 0.15) is 11.5 Å². The number of phenols is 1. The Hall–Kier alpha value is -2.21. The largest absolute Gasteiger partial charge is 0.508 e. The summed E-state index contributed by atoms with van der Waals surface area (Å²) < 4.78 is 6.35. The molecule has 2 aromatic carbocycles. The van der Waals surface area contributed by atoms with E-state index in [9.17, 15) is 9.90 Å². The number of aromatic carboxylic acids is 1. The standard InChI is InChI=1S/C15H12BrNO4.CH3/c16-12-6-9(15(19)20)1-3-13(12)17-7-10-5-11(18)2-4-14(10)21-8-17;/h1-6,18H,7-8H2,(H,19,20);1H3. The van der Waals surface area contributed by atoms with Crippen LogP contribution in [0.2, 0.25) is 0 Å². The van der Waals surface area contributed by atoms with Gasteiger partial charge in [-0.3, -0.25) is 0 Å². The van der Waals surface area contributed by atoms with Crippen molar-refractivity contribution in [2.24, 2.45) is 0 Å². The van der Waals surface area contributed by atoms with Gasteiger partial charge in [0.05, 0.1) is 17.8 Å². The van der Waals surface area contributed by atoms with Crippen LogP contribution in [0.1, 0.15) is 15.9 Å². The lowest BCUT2D eigenvalue weighted by molar-refractivity contribution is 0.0697. The Morgan fingerprint density at radius 1 is 1.23 bits per heavy atom. The molecule has 1 radical (unpaired) electrons. The number of halogens is 1. The van der Waals surface area contributed by atoms with Crippen molar-refractivity contribution in [1.82, 2.24) is 0 Å². The van der Waals surface area contributed by atoms with E-state index in [0.717, 1.165) is 17.0 Å². The van der Waals surface area contributed by atoms with Gasteiger partial charge in [-0.05, 0) is 52.3 Å². The Balaban J connectivity index is 0.00000176. The summed E-state index contributed by atoms with van der Waals surface area (Å²) in [6, 6.07) is 9.86. The summed E-state index contributed by atoms with van der Waals surface area (Å²) in [5.74, 6) is -0.0192. The minimum atomic E-state index is -0.965. The van der Waals surface area contributed by atoms with Crippen molar-refractivity contribution in [3.05, 3.63) is 59.4 Å². The predicted octanol–water partition coefficient (Wildman–Crippen LogP) is 3.66. The molecule has 0 saturated carbocycles. The summed E-state index contributed by atoms with van der Waals surface area (Å²) in [5, 5.41) is 18.5. The molecule has 3 rings (SSSR count). The molecule has 0 aromatic heterocycles. The molecule has 0 amide bonds. The fraction of sp³-hybridized carbons (Fsp3) is 0.125. The third kappa shape index (κ3) is 3.01. The number of carboxylic acid groups (broad SMARTS) is 1. The molecular formula is C16H15BrNO4. The van der Waals surface area contributed by atoms with Crippen molar-refractivity contribution in [3.8, 4) is 11.5 Å². The third-order valence-corrected chi connectivity index (χ3v) is 3.95. The molecule has 2 aromatic rings. The summed E-state index contributed by atoms with van der Waals surface area (Å²) in [7, 11) is 0. The van der Waals surface area contributed by atoms with E-state index >= 15 is 0 Å². The fourth-order valence-corrected chi connectivity index (χ4v) is 2.91. The van der Waals surface area contributed by atoms with Crippen LogP contribution < -0.4 is 9.64 Å². The number of anilines is 1. The first-order valence-corrected chi connectivity index (χ1v) is 7.06. The van der Waals surface area contributed by atoms with Gasteiger partial charge in [-0.1, -0.05) is 7.43 Å². The SMILES string of the molecule is O=C(O)c1ccc(N2COc3ccc(O)cc3C2)c(Br)c1.[CH3]. The van der Waals surface area contributed by atoms with Crippen molar-refractivity contribution in [1.29, 1.82) is 0 Å². The fourth-order valence-electron chi connectivity index (χ4n) is 2.28. The maximum Gasteiger partial charge on any atom is 0.335 e. The van der Waals surface area contributed by atoms with E-state index in [0.29, 0.717) is 17.7 Å². The highest BCUT2D eigenvalue weighted by molar-refractivity contribution is 9.10. The van der Waals surface area contributed by atoms with Crippen molar-refractivity contribution in [3.63, 3.8) is 0 Å². The quantitative estimate of drug-likeness (QED) is 0.850. The molecule has 6 heteroatoms. The molecule has 0 atom stereocenters. The number of hydrogen-bond donors (Lipinski definition) is 2. The minimum absolute atomic E-state index is 0. The van der Waals surface area contributed by atoms with Gasteiger partial charge in [0, 0.05) is 10.0 Å². The van der Waals surface area contributed by atoms with Crippen molar-refractivity contribution >= 4 is 27.6 Å². The number of phenolic OH excluding ortho intramolecular Hbond substituents is 1. The lowest BCUT2D eigenvalue weighted by Gasteiger charge is -2.31. The average molecular weight is 365 g/mol. The normalized spacial score (nSPS) is 12.9. The number of benzene rings is 2. The zero-order valence-corrected chi connectivity index (χ0v) is 13.5. The van der Waals surface area contributed by atoms with Gasteiger partial charge in [0.2, 0.25) is 0 Å². The van der Waals surface area contributed by atoms with Crippen molar-refractivity contribution in [2.75, 3.05) is 11.6 Å². The lowest BCUT2D eigenvalue weighted by Crippen LogP contribution is -2.32. The molecule has 22 heavy (non-hydrogen) atoms. The van der Waals surface area contributed by atoms with Crippen molar-refractivity contribution < 1.29 is 19.7 Å². The summed E-state index contributed by atoms with van der Waals surface area (Å²) in [6.45, 7) is 0.942. The Labute approximate surface area is 136 Å². The predicted molar refractivity (Wildman–Crippen MR) is 87.3 cm³/mol. The van der Waals surface area contributed by atoms with Gasteiger partial charge in [-0.2, -0.15) is 0 Å². The highest BCUT2D eigenvalue weighted by Crippen LogP contribution is 2.34. The van der Waals surface area contributed by atoms with E-state index in [1.165, 1.54) is 0 Å². The third-order valence-electron chi connectivity index (χ3n) is 3.32. The van der Waals surface area contributed by atoms with Crippen LogP contribution in [-0.4, -0.2) is 22.9 Å². The summed E-state index contributed by atoms with van der Waals surface area (Å²) in [5.41, 5.74) is 1.95. The molecule has 0 unspecified atom stereocenters. The first kappa shape index (κ1) is 16.2. The molecule has 0 bridgehead atoms. The number of rotatable bonds is 2. The number of ether oxygens (including phenoxy) is 1. The highest BCUT2D eigenvalue weighted by Gasteiger charge is 2.20. The van der Waals surface area contributed by atoms with Gasteiger partial charge >= 0.3 is 5.97 Å². The number of carboxylic acids is 1. The number of aromatic hydroxyl groups is 1. The van der Waals surface area contributed by atoms with E-state index in [1.807, 2.05) is 4.90 Å². The first-order valence-electron chi connectivity index (χ1n) is 6.27. The molecule has 0 aliphatic carbocycles. The minimum Gasteiger partial charge on any atom is -0.508 e. The van der Waals surface area contributed by atoms with Gasteiger partial charge in [0.25, 0.3) is 0 Å².